The molecule has 0 heterocycles. The monoisotopic (exact) mass is 303 g/mol. The van der Waals surface area contributed by atoms with Gasteiger partial charge in [-0.15, -0.1) is 0 Å². The molecule has 1 unspecified atom stereocenters. The second-order valence-corrected chi connectivity index (χ2v) is 4.99. The minimum atomic E-state index is -0.843. The second kappa shape index (κ2) is 6.12. The van der Waals surface area contributed by atoms with Gasteiger partial charge < -0.3 is 10.0 Å². The van der Waals surface area contributed by atoms with Crippen LogP contribution in [-0.2, 0) is 11.3 Å². The Kier molecular flexibility index (Phi) is 5.08. The Bertz CT molecular complexity index is 391. The van der Waals surface area contributed by atoms with Gasteiger partial charge in [0.25, 0.3) is 0 Å². The van der Waals surface area contributed by atoms with E-state index in [-0.39, 0.29) is 5.82 Å². The lowest BCUT2D eigenvalue weighted by Gasteiger charge is -2.20. The van der Waals surface area contributed by atoms with E-state index >= 15 is 0 Å². The largest absolute Gasteiger partial charge is 0.481 e. The summed E-state index contributed by atoms with van der Waals surface area (Å²) in [6, 6.07) is 4.80. The summed E-state index contributed by atoms with van der Waals surface area (Å²) in [4.78, 5) is 12.5. The summed E-state index contributed by atoms with van der Waals surface area (Å²) in [6.07, 6.45) is 0. The fraction of sp³-hybridized carbons (Fsp3) is 0.417. The van der Waals surface area contributed by atoms with E-state index in [2.05, 4.69) is 15.9 Å². The van der Waals surface area contributed by atoms with E-state index in [0.717, 1.165) is 0 Å². The normalized spacial score (nSPS) is 12.8. The SMILES string of the molecule is CC(CN(C)Cc1c(F)cccc1Br)C(=O)O. The highest BCUT2D eigenvalue weighted by Gasteiger charge is 2.15. The van der Waals surface area contributed by atoms with Gasteiger partial charge in [0.15, 0.2) is 0 Å². The highest BCUT2D eigenvalue weighted by Crippen LogP contribution is 2.21. The van der Waals surface area contributed by atoms with E-state index in [1.807, 2.05) is 0 Å². The van der Waals surface area contributed by atoms with Crippen LogP contribution in [-0.4, -0.2) is 29.6 Å². The molecule has 0 bridgehead atoms. The molecular weight excluding hydrogens is 289 g/mol. The predicted molar refractivity (Wildman–Crippen MR) is 67.2 cm³/mol. The molecule has 0 spiro atoms. The van der Waals surface area contributed by atoms with Crippen LogP contribution in [0.5, 0.6) is 0 Å². The fourth-order valence-electron chi connectivity index (χ4n) is 1.56. The van der Waals surface area contributed by atoms with Gasteiger partial charge in [-0.2, -0.15) is 0 Å². The number of carboxylic acids is 1. The molecule has 1 rings (SSSR count). The van der Waals surface area contributed by atoms with Crippen LogP contribution in [0, 0.1) is 11.7 Å². The summed E-state index contributed by atoms with van der Waals surface area (Å²) in [7, 11) is 1.78. The zero-order chi connectivity index (χ0) is 13.0. The first-order valence-corrected chi connectivity index (χ1v) is 6.05. The van der Waals surface area contributed by atoms with Gasteiger partial charge in [-0.3, -0.25) is 4.79 Å². The van der Waals surface area contributed by atoms with Gasteiger partial charge in [-0.1, -0.05) is 28.9 Å². The van der Waals surface area contributed by atoms with Crippen LogP contribution in [0.25, 0.3) is 0 Å². The van der Waals surface area contributed by atoms with Crippen molar-refractivity contribution in [1.29, 1.82) is 0 Å². The van der Waals surface area contributed by atoms with E-state index in [4.69, 9.17) is 5.11 Å². The van der Waals surface area contributed by atoms with Gasteiger partial charge in [0.2, 0.25) is 0 Å². The van der Waals surface area contributed by atoms with E-state index in [1.165, 1.54) is 6.07 Å². The maximum Gasteiger partial charge on any atom is 0.307 e. The molecule has 0 amide bonds. The van der Waals surface area contributed by atoms with Crippen LogP contribution in [0.2, 0.25) is 0 Å². The number of carboxylic acid groups (broad SMARTS) is 1. The summed E-state index contributed by atoms with van der Waals surface area (Å²) in [5, 5.41) is 8.80. The summed E-state index contributed by atoms with van der Waals surface area (Å²) in [5.41, 5.74) is 0.549. The third-order valence-electron chi connectivity index (χ3n) is 2.50. The molecule has 1 aromatic carbocycles. The average molecular weight is 304 g/mol. The van der Waals surface area contributed by atoms with Crippen molar-refractivity contribution in [1.82, 2.24) is 4.90 Å². The van der Waals surface area contributed by atoms with Crippen molar-refractivity contribution in [3.63, 3.8) is 0 Å². The molecule has 5 heteroatoms. The molecule has 0 aromatic heterocycles. The highest BCUT2D eigenvalue weighted by atomic mass is 79.9. The molecule has 1 aromatic rings. The zero-order valence-electron chi connectivity index (χ0n) is 9.78. The number of carbonyl (C=O) groups is 1. The standard InChI is InChI=1S/C12H15BrFNO2/c1-8(12(16)17)6-15(2)7-9-10(13)4-3-5-11(9)14/h3-5,8H,6-7H2,1-2H3,(H,16,17). The van der Waals surface area contributed by atoms with Gasteiger partial charge in [-0.25, -0.2) is 4.39 Å². The Hall–Kier alpha value is -0.940. The van der Waals surface area contributed by atoms with Gasteiger partial charge >= 0.3 is 5.97 Å². The van der Waals surface area contributed by atoms with Gasteiger partial charge in [0.05, 0.1) is 5.92 Å². The van der Waals surface area contributed by atoms with Crippen molar-refractivity contribution in [3.05, 3.63) is 34.1 Å². The average Bonchev–Trinajstić information content (AvgIpc) is 2.23. The number of hydrogen-bond donors (Lipinski definition) is 1. The third kappa shape index (κ3) is 4.09. The zero-order valence-corrected chi connectivity index (χ0v) is 11.4. The van der Waals surface area contributed by atoms with Gasteiger partial charge in [0, 0.05) is 23.1 Å². The smallest absolute Gasteiger partial charge is 0.307 e. The lowest BCUT2D eigenvalue weighted by Crippen LogP contribution is -2.28. The van der Waals surface area contributed by atoms with Gasteiger partial charge in [-0.05, 0) is 19.2 Å². The van der Waals surface area contributed by atoms with Crippen molar-refractivity contribution in [2.75, 3.05) is 13.6 Å². The van der Waals surface area contributed by atoms with E-state index in [1.54, 1.807) is 31.0 Å². The lowest BCUT2D eigenvalue weighted by atomic mass is 10.1. The minimum absolute atomic E-state index is 0.283. The van der Waals surface area contributed by atoms with Crippen LogP contribution in [0.4, 0.5) is 4.39 Å². The molecule has 94 valence electrons. The lowest BCUT2D eigenvalue weighted by molar-refractivity contribution is -0.141. The Labute approximate surface area is 108 Å². The van der Waals surface area contributed by atoms with Crippen LogP contribution in [0.15, 0.2) is 22.7 Å². The number of aliphatic carboxylic acids is 1. The topological polar surface area (TPSA) is 40.5 Å². The summed E-state index contributed by atoms with van der Waals surface area (Å²) in [6.45, 7) is 2.40. The molecule has 0 fully saturated rings. The first kappa shape index (κ1) is 14.1. The molecular formula is C12H15BrFNO2. The molecule has 0 saturated carbocycles. The van der Waals surface area contributed by atoms with Crippen molar-refractivity contribution in [2.45, 2.75) is 13.5 Å². The van der Waals surface area contributed by atoms with E-state index < -0.39 is 11.9 Å². The van der Waals surface area contributed by atoms with E-state index in [9.17, 15) is 9.18 Å². The van der Waals surface area contributed by atoms with Crippen LogP contribution in [0.1, 0.15) is 12.5 Å². The molecule has 0 aliphatic rings. The van der Waals surface area contributed by atoms with Crippen LogP contribution >= 0.6 is 15.9 Å². The maximum absolute atomic E-state index is 13.5. The number of nitrogens with zero attached hydrogens (tertiary/aromatic N) is 1. The van der Waals surface area contributed by atoms with Crippen molar-refractivity contribution in [2.24, 2.45) is 5.92 Å². The van der Waals surface area contributed by atoms with Crippen molar-refractivity contribution in [3.8, 4) is 0 Å². The van der Waals surface area contributed by atoms with Crippen LogP contribution < -0.4 is 0 Å². The summed E-state index contributed by atoms with van der Waals surface area (Å²) in [5.74, 6) is -1.59. The molecule has 0 saturated heterocycles. The molecule has 0 aliphatic carbocycles. The maximum atomic E-state index is 13.5. The summed E-state index contributed by atoms with van der Waals surface area (Å²) < 4.78 is 14.2. The molecule has 1 N–H and O–H groups in total. The van der Waals surface area contributed by atoms with Crippen molar-refractivity contribution < 1.29 is 14.3 Å². The first-order chi connectivity index (χ1) is 7.91. The van der Waals surface area contributed by atoms with Gasteiger partial charge in [0.1, 0.15) is 5.82 Å². The van der Waals surface area contributed by atoms with E-state index in [0.29, 0.717) is 23.1 Å². The minimum Gasteiger partial charge on any atom is -0.481 e. The molecule has 17 heavy (non-hydrogen) atoms. The Morgan fingerprint density at radius 3 is 2.76 bits per heavy atom. The molecule has 0 aliphatic heterocycles. The first-order valence-electron chi connectivity index (χ1n) is 5.26. The molecule has 3 nitrogen and oxygen atoms in total. The quantitative estimate of drug-likeness (QED) is 0.909. The Morgan fingerprint density at radius 2 is 2.24 bits per heavy atom. The number of benzene rings is 1. The number of halogens is 2. The second-order valence-electron chi connectivity index (χ2n) is 4.14. The molecule has 1 atom stereocenters. The number of rotatable bonds is 5. The van der Waals surface area contributed by atoms with Crippen molar-refractivity contribution >= 4 is 21.9 Å². The highest BCUT2D eigenvalue weighted by molar-refractivity contribution is 9.10. The summed E-state index contributed by atoms with van der Waals surface area (Å²) >= 11 is 3.29. The number of hydrogen-bond acceptors (Lipinski definition) is 2. The Balaban J connectivity index is 2.68. The predicted octanol–water partition coefficient (Wildman–Crippen LogP) is 2.74. The third-order valence-corrected chi connectivity index (χ3v) is 3.24. The van der Waals surface area contributed by atoms with Crippen LogP contribution in [0.3, 0.4) is 0 Å². The Morgan fingerprint density at radius 1 is 1.59 bits per heavy atom. The molecule has 0 radical (unpaired) electrons. The fourth-order valence-corrected chi connectivity index (χ4v) is 2.03.